The van der Waals surface area contributed by atoms with Crippen molar-refractivity contribution in [2.45, 2.75) is 33.2 Å². The van der Waals surface area contributed by atoms with Crippen LogP contribution in [0.15, 0.2) is 24.4 Å². The van der Waals surface area contributed by atoms with E-state index in [9.17, 15) is 0 Å². The van der Waals surface area contributed by atoms with E-state index in [-0.39, 0.29) is 6.04 Å². The van der Waals surface area contributed by atoms with Crippen LogP contribution in [0.25, 0.3) is 0 Å². The van der Waals surface area contributed by atoms with Gasteiger partial charge in [0, 0.05) is 0 Å². The fraction of sp³-hybridized carbons (Fsp3) is 0.429. The molecule has 0 spiro atoms. The minimum absolute atomic E-state index is 0.217. The van der Waals surface area contributed by atoms with Gasteiger partial charge in [-0.25, -0.2) is 0 Å². The summed E-state index contributed by atoms with van der Waals surface area (Å²) in [4.78, 5) is 0. The summed E-state index contributed by atoms with van der Waals surface area (Å²) in [7, 11) is 0. The highest BCUT2D eigenvalue weighted by molar-refractivity contribution is 5.31. The average Bonchev–Trinajstić information content (AvgIpc) is 2.87. The van der Waals surface area contributed by atoms with Gasteiger partial charge in [0.05, 0.1) is 17.9 Å². The van der Waals surface area contributed by atoms with Crippen LogP contribution in [0, 0.1) is 13.8 Å². The Kier molecular flexibility index (Phi) is 4.10. The highest BCUT2D eigenvalue weighted by Crippen LogP contribution is 2.19. The summed E-state index contributed by atoms with van der Waals surface area (Å²) in [6.07, 6.45) is 2.73. The topological polar surface area (TPSA) is 53.6 Å². The van der Waals surface area contributed by atoms with E-state index in [0.717, 1.165) is 18.7 Å². The number of likely N-dealkylation sites (N-methyl/N-ethyl adjacent to an activating group) is 1. The van der Waals surface area contributed by atoms with Crippen LogP contribution in [-0.4, -0.2) is 22.0 Å². The smallest absolute Gasteiger partial charge is 0.0997 e. The maximum absolute atomic E-state index is 4.18. The highest BCUT2D eigenvalue weighted by atomic mass is 15.3. The van der Waals surface area contributed by atoms with E-state index >= 15 is 0 Å². The molecular weight excluding hydrogens is 224 g/mol. The van der Waals surface area contributed by atoms with Crippen molar-refractivity contribution in [2.24, 2.45) is 0 Å². The van der Waals surface area contributed by atoms with Gasteiger partial charge >= 0.3 is 0 Å². The van der Waals surface area contributed by atoms with Crippen LogP contribution in [0.3, 0.4) is 0 Å². The van der Waals surface area contributed by atoms with Crippen LogP contribution in [0.5, 0.6) is 0 Å². The van der Waals surface area contributed by atoms with Gasteiger partial charge in [-0.05, 0) is 37.9 Å². The van der Waals surface area contributed by atoms with Crippen LogP contribution in [0.1, 0.15) is 35.3 Å². The quantitative estimate of drug-likeness (QED) is 0.848. The lowest BCUT2D eigenvalue weighted by molar-refractivity contribution is 0.534. The molecule has 0 fully saturated rings. The fourth-order valence-electron chi connectivity index (χ4n) is 2.15. The molecule has 1 atom stereocenters. The van der Waals surface area contributed by atoms with E-state index < -0.39 is 0 Å². The monoisotopic (exact) mass is 244 g/mol. The molecule has 2 aromatic rings. The van der Waals surface area contributed by atoms with Gasteiger partial charge in [0.15, 0.2) is 0 Å². The lowest BCUT2D eigenvalue weighted by Gasteiger charge is -2.17. The predicted octanol–water partition coefficient (Wildman–Crippen LogP) is 2.31. The van der Waals surface area contributed by atoms with E-state index in [0.29, 0.717) is 0 Å². The summed E-state index contributed by atoms with van der Waals surface area (Å²) >= 11 is 0. The second-order valence-electron chi connectivity index (χ2n) is 4.64. The number of hydrogen-bond donors (Lipinski definition) is 2. The largest absolute Gasteiger partial charge is 0.309 e. The average molecular weight is 244 g/mol. The molecule has 2 rings (SSSR count). The number of nitrogens with zero attached hydrogens (tertiary/aromatic N) is 2. The molecule has 4 nitrogen and oxygen atoms in total. The van der Waals surface area contributed by atoms with Crippen molar-refractivity contribution in [2.75, 3.05) is 6.54 Å². The summed E-state index contributed by atoms with van der Waals surface area (Å²) in [6, 6.07) is 6.79. The number of aryl methyl sites for hydroxylation is 2. The van der Waals surface area contributed by atoms with E-state index in [1.54, 1.807) is 6.20 Å². The maximum atomic E-state index is 4.18. The van der Waals surface area contributed by atoms with Gasteiger partial charge in [0.25, 0.3) is 0 Å². The molecule has 1 unspecified atom stereocenters. The lowest BCUT2D eigenvalue weighted by Crippen LogP contribution is -2.23. The Labute approximate surface area is 108 Å². The number of aromatic nitrogens is 3. The third kappa shape index (κ3) is 2.96. The normalized spacial score (nSPS) is 12.6. The standard InChI is InChI=1S/C14H20N4/c1-4-15-13(14-9-16-18-17-14)8-12-7-10(2)5-6-11(12)3/h5-7,9,13,15H,4,8H2,1-3H3,(H,16,17,18). The van der Waals surface area contributed by atoms with Crippen molar-refractivity contribution >= 4 is 0 Å². The Morgan fingerprint density at radius 1 is 1.33 bits per heavy atom. The first-order chi connectivity index (χ1) is 8.70. The zero-order chi connectivity index (χ0) is 13.0. The van der Waals surface area contributed by atoms with Crippen molar-refractivity contribution in [3.8, 4) is 0 Å². The second-order valence-corrected chi connectivity index (χ2v) is 4.64. The van der Waals surface area contributed by atoms with Gasteiger partial charge in [0.2, 0.25) is 0 Å². The molecule has 0 radical (unpaired) electrons. The summed E-state index contributed by atoms with van der Waals surface area (Å²) in [5, 5.41) is 14.2. The van der Waals surface area contributed by atoms with Gasteiger partial charge in [-0.3, -0.25) is 0 Å². The molecule has 2 N–H and O–H groups in total. The van der Waals surface area contributed by atoms with Crippen LogP contribution in [0.4, 0.5) is 0 Å². The zero-order valence-corrected chi connectivity index (χ0v) is 11.2. The Morgan fingerprint density at radius 2 is 2.17 bits per heavy atom. The first-order valence-electron chi connectivity index (χ1n) is 6.36. The number of rotatable bonds is 5. The second kappa shape index (κ2) is 5.78. The molecule has 1 heterocycles. The third-order valence-corrected chi connectivity index (χ3v) is 3.17. The molecule has 18 heavy (non-hydrogen) atoms. The van der Waals surface area contributed by atoms with Crippen molar-refractivity contribution in [1.29, 1.82) is 0 Å². The van der Waals surface area contributed by atoms with Crippen LogP contribution < -0.4 is 5.32 Å². The lowest BCUT2D eigenvalue weighted by atomic mass is 9.97. The molecule has 0 aliphatic rings. The van der Waals surface area contributed by atoms with Gasteiger partial charge in [0.1, 0.15) is 0 Å². The van der Waals surface area contributed by atoms with Crippen LogP contribution >= 0.6 is 0 Å². The van der Waals surface area contributed by atoms with Gasteiger partial charge in [-0.1, -0.05) is 30.7 Å². The molecule has 0 aliphatic carbocycles. The molecule has 1 aromatic carbocycles. The van der Waals surface area contributed by atoms with Crippen molar-refractivity contribution in [1.82, 2.24) is 20.7 Å². The Morgan fingerprint density at radius 3 is 2.83 bits per heavy atom. The summed E-state index contributed by atoms with van der Waals surface area (Å²) in [6.45, 7) is 7.31. The first kappa shape index (κ1) is 12.8. The Balaban J connectivity index is 2.21. The third-order valence-electron chi connectivity index (χ3n) is 3.17. The number of benzene rings is 1. The van der Waals surface area contributed by atoms with Gasteiger partial charge in [-0.15, -0.1) is 0 Å². The van der Waals surface area contributed by atoms with E-state index in [1.165, 1.54) is 16.7 Å². The predicted molar refractivity (Wildman–Crippen MR) is 72.4 cm³/mol. The number of hydrogen-bond acceptors (Lipinski definition) is 3. The molecular formula is C14H20N4. The summed E-state index contributed by atoms with van der Waals surface area (Å²) < 4.78 is 0. The molecule has 0 saturated heterocycles. The molecule has 0 saturated carbocycles. The van der Waals surface area contributed by atoms with E-state index in [4.69, 9.17) is 0 Å². The summed E-state index contributed by atoms with van der Waals surface area (Å²) in [5.41, 5.74) is 4.96. The van der Waals surface area contributed by atoms with E-state index in [2.05, 4.69) is 59.7 Å². The summed E-state index contributed by atoms with van der Waals surface area (Å²) in [5.74, 6) is 0. The van der Waals surface area contributed by atoms with E-state index in [1.807, 2.05) is 0 Å². The fourth-order valence-corrected chi connectivity index (χ4v) is 2.15. The highest BCUT2D eigenvalue weighted by Gasteiger charge is 2.14. The van der Waals surface area contributed by atoms with Crippen LogP contribution in [-0.2, 0) is 6.42 Å². The molecule has 0 amide bonds. The number of aromatic amines is 1. The zero-order valence-electron chi connectivity index (χ0n) is 11.2. The van der Waals surface area contributed by atoms with Gasteiger partial charge in [-0.2, -0.15) is 15.4 Å². The molecule has 0 aliphatic heterocycles. The minimum atomic E-state index is 0.217. The van der Waals surface area contributed by atoms with Crippen molar-refractivity contribution in [3.63, 3.8) is 0 Å². The number of nitrogens with one attached hydrogen (secondary N) is 2. The number of H-pyrrole nitrogens is 1. The van der Waals surface area contributed by atoms with Crippen molar-refractivity contribution < 1.29 is 0 Å². The SMILES string of the molecule is CCNC(Cc1cc(C)ccc1C)c1cn[nH]n1. The van der Waals surface area contributed by atoms with Crippen LogP contribution in [0.2, 0.25) is 0 Å². The van der Waals surface area contributed by atoms with Gasteiger partial charge < -0.3 is 5.32 Å². The Hall–Kier alpha value is -1.68. The molecule has 96 valence electrons. The molecule has 4 heteroatoms. The maximum Gasteiger partial charge on any atom is 0.0997 e. The Bertz CT molecular complexity index is 491. The molecule has 1 aromatic heterocycles. The van der Waals surface area contributed by atoms with Crippen molar-refractivity contribution in [3.05, 3.63) is 46.8 Å². The minimum Gasteiger partial charge on any atom is -0.309 e. The molecule has 0 bridgehead atoms. The first-order valence-corrected chi connectivity index (χ1v) is 6.36.